The quantitative estimate of drug-likeness (QED) is 0.0191. The number of hydrogen-bond donors (Lipinski definition) is 5. The first-order valence-electron chi connectivity index (χ1n) is 23.4. The summed E-state index contributed by atoms with van der Waals surface area (Å²) in [5.41, 5.74) is -1.20. The second-order valence-corrected chi connectivity index (χ2v) is 19.6. The zero-order valence-electron chi connectivity index (χ0n) is 40.5. The first-order chi connectivity index (χ1) is 34.5. The molecule has 384 valence electrons. The number of aromatic hydroxyl groups is 1. The fourth-order valence-electron chi connectivity index (χ4n) is 7.44. The van der Waals surface area contributed by atoms with E-state index in [4.69, 9.17) is 18.5 Å². The highest BCUT2D eigenvalue weighted by atomic mass is 79.9. The Labute approximate surface area is 426 Å². The maximum Gasteiger partial charge on any atom is 0.404 e. The Morgan fingerprint density at radius 2 is 1.28 bits per heavy atom. The number of carbonyl (C=O) groups is 5. The summed E-state index contributed by atoms with van der Waals surface area (Å²) in [6.07, 6.45) is 0.276. The largest absolute Gasteiger partial charge is 0.504 e. The van der Waals surface area contributed by atoms with E-state index < -0.39 is 60.6 Å². The van der Waals surface area contributed by atoms with E-state index in [1.165, 1.54) is 51.3 Å². The van der Waals surface area contributed by atoms with Crippen LogP contribution in [0.2, 0.25) is 0 Å². The monoisotopic (exact) mass is 1080 g/mol. The van der Waals surface area contributed by atoms with Gasteiger partial charge in [0.05, 0.1) is 26.7 Å². The van der Waals surface area contributed by atoms with Crippen LogP contribution >= 0.6 is 23.5 Å². The third-order valence-electron chi connectivity index (χ3n) is 11.3. The Morgan fingerprint density at radius 3 is 1.88 bits per heavy atom. The molecule has 19 heteroatoms. The number of phenols is 1. The maximum absolute atomic E-state index is 15.8. The Bertz CT molecular complexity index is 2650. The number of carbonyl (C=O) groups excluding carboxylic acids is 5. The fourth-order valence-corrected chi connectivity index (χ4v) is 9.36. The molecule has 5 aromatic carbocycles. The summed E-state index contributed by atoms with van der Waals surface area (Å²) in [4.78, 5) is 69.4. The number of amides is 4. The van der Waals surface area contributed by atoms with Crippen LogP contribution in [0.15, 0.2) is 126 Å². The van der Waals surface area contributed by atoms with Crippen LogP contribution < -0.4 is 26.0 Å². The molecule has 0 fully saturated rings. The normalized spacial score (nSPS) is 12.7. The first-order valence-corrected chi connectivity index (χ1v) is 25.7. The van der Waals surface area contributed by atoms with Gasteiger partial charge in [-0.15, -0.1) is 0 Å². The van der Waals surface area contributed by atoms with Crippen molar-refractivity contribution in [2.24, 2.45) is 0 Å². The van der Waals surface area contributed by atoms with E-state index >= 15 is 8.78 Å². The van der Waals surface area contributed by atoms with Crippen LogP contribution in [-0.4, -0.2) is 79.7 Å². The van der Waals surface area contributed by atoms with Gasteiger partial charge >= 0.3 is 19.2 Å². The zero-order valence-corrected chi connectivity index (χ0v) is 42.9. The number of aryl methyl sites for hydroxylation is 1. The van der Waals surface area contributed by atoms with E-state index in [2.05, 4.69) is 37.2 Å². The summed E-state index contributed by atoms with van der Waals surface area (Å²) in [5, 5.41) is 21.2. The Morgan fingerprint density at radius 1 is 0.708 bits per heavy atom. The molecule has 0 heterocycles. The third kappa shape index (κ3) is 16.3. The van der Waals surface area contributed by atoms with Crippen LogP contribution in [0.3, 0.4) is 0 Å². The number of halogens is 3. The molecule has 5 N–H and O–H groups in total. The van der Waals surface area contributed by atoms with Gasteiger partial charge in [0.25, 0.3) is 5.91 Å². The van der Waals surface area contributed by atoms with Gasteiger partial charge in [-0.2, -0.15) is 8.78 Å². The highest BCUT2D eigenvalue weighted by molar-refractivity contribution is 9.10. The molecular weight excluding hydrogens is 1020 g/mol. The summed E-state index contributed by atoms with van der Waals surface area (Å²) in [5.74, 6) is -3.25. The number of phenolic OH excluding ortho intramolecular Hbond substituents is 1. The molecule has 72 heavy (non-hydrogen) atoms. The van der Waals surface area contributed by atoms with E-state index in [9.17, 15) is 33.6 Å². The lowest BCUT2D eigenvalue weighted by Crippen LogP contribution is -2.57. The summed E-state index contributed by atoms with van der Waals surface area (Å²) in [6, 6.07) is 28.0. The molecule has 0 aliphatic rings. The lowest BCUT2D eigenvalue weighted by Gasteiger charge is -2.27. The number of benzene rings is 5. The average Bonchev–Trinajstić information content (AvgIpc) is 3.36. The number of methoxy groups -OCH3 is 1. The van der Waals surface area contributed by atoms with Crippen molar-refractivity contribution < 1.29 is 60.9 Å². The molecular formula is C53H60BrF2N4O11P. The minimum absolute atomic E-state index is 0.0126. The summed E-state index contributed by atoms with van der Waals surface area (Å²) < 4.78 is 66.3. The third-order valence-corrected chi connectivity index (χ3v) is 14.3. The predicted octanol–water partition coefficient (Wildman–Crippen LogP) is 8.61. The van der Waals surface area contributed by atoms with Crippen LogP contribution in [-0.2, 0) is 69.1 Å². The Balaban J connectivity index is 1.42. The molecule has 0 saturated heterocycles. The summed E-state index contributed by atoms with van der Waals surface area (Å²) >= 11 is 3.44. The Hall–Kier alpha value is -6.46. The molecule has 5 rings (SSSR count). The molecule has 0 unspecified atom stereocenters. The zero-order chi connectivity index (χ0) is 52.3. The fraction of sp³-hybridized carbons (Fsp3) is 0.340. The second kappa shape index (κ2) is 27.4. The highest BCUT2D eigenvalue weighted by Gasteiger charge is 2.54. The molecule has 5 aromatic rings. The molecule has 0 spiro atoms. The molecule has 0 aromatic heterocycles. The minimum Gasteiger partial charge on any atom is -0.504 e. The van der Waals surface area contributed by atoms with Gasteiger partial charge in [0.2, 0.25) is 17.7 Å². The van der Waals surface area contributed by atoms with Crippen molar-refractivity contribution >= 4 is 53.1 Å². The van der Waals surface area contributed by atoms with Crippen molar-refractivity contribution in [2.75, 3.05) is 26.9 Å². The van der Waals surface area contributed by atoms with Crippen LogP contribution in [0.5, 0.6) is 11.5 Å². The molecule has 3 atom stereocenters. The van der Waals surface area contributed by atoms with Gasteiger partial charge in [0.15, 0.2) is 11.5 Å². The van der Waals surface area contributed by atoms with Crippen molar-refractivity contribution in [3.63, 3.8) is 0 Å². The van der Waals surface area contributed by atoms with Gasteiger partial charge in [-0.05, 0) is 92.1 Å². The van der Waals surface area contributed by atoms with Gasteiger partial charge in [0, 0.05) is 35.0 Å². The minimum atomic E-state index is -4.96. The smallest absolute Gasteiger partial charge is 0.404 e. The van der Waals surface area contributed by atoms with Crippen LogP contribution in [0.1, 0.15) is 76.8 Å². The lowest BCUT2D eigenvalue weighted by atomic mass is 10.0. The standard InChI is InChI=1S/C53H60BrF2N4O11P/c1-5-70-72(67,71-6-2)53(55,56)41-25-21-37(22-26-41)30-45(60-50(64)44(29-36-15-9-7-10-16-36)58-48(62)32-39-23-27-46(61)47(31-39)68-4)51(65)59-43(52(66)69-34-38-17-11-8-12-18-38)19-13-14-28-57-49(63)40-24-20-35(3)42(54)33-40/h7-12,15-18,20-27,31,33,43-45,61H,5-6,13-14,19,28-30,32,34H2,1-4H3,(H,57,63)(H,58,62)(H,59,65)(H,60,64)/t43-,44-,45-/m0/s1. The topological polar surface area (TPSA) is 208 Å². The number of esters is 1. The second-order valence-electron chi connectivity index (χ2n) is 16.7. The molecule has 0 saturated carbocycles. The van der Waals surface area contributed by atoms with Crippen molar-refractivity contribution in [3.05, 3.63) is 165 Å². The van der Waals surface area contributed by atoms with E-state index in [-0.39, 0.29) is 75.0 Å². The SMILES string of the molecule is CCOP(=O)(OCC)C(F)(F)c1ccc(C[C@H](NC(=O)[C@H](Cc2ccccc2)NC(=O)Cc2ccc(O)c(OC)c2)C(=O)N[C@@H](CCCCNC(=O)c2ccc(C)c(Br)c2)C(=O)OCc2ccccc2)cc1. The number of nitrogens with one attached hydrogen (secondary N) is 4. The van der Waals surface area contributed by atoms with Gasteiger partial charge in [0.1, 0.15) is 24.7 Å². The number of hydrogen-bond acceptors (Lipinski definition) is 11. The number of unbranched alkanes of at least 4 members (excludes halogenated alkanes) is 1. The van der Waals surface area contributed by atoms with Crippen molar-refractivity contribution in [1.82, 2.24) is 21.3 Å². The van der Waals surface area contributed by atoms with Crippen molar-refractivity contribution in [1.29, 1.82) is 0 Å². The maximum atomic E-state index is 15.8. The summed E-state index contributed by atoms with van der Waals surface area (Å²) in [6.45, 7) is 4.26. The van der Waals surface area contributed by atoms with E-state index in [0.29, 0.717) is 35.1 Å². The molecule has 0 bridgehead atoms. The molecule has 15 nitrogen and oxygen atoms in total. The predicted molar refractivity (Wildman–Crippen MR) is 271 cm³/mol. The highest BCUT2D eigenvalue weighted by Crippen LogP contribution is 2.66. The lowest BCUT2D eigenvalue weighted by molar-refractivity contribution is -0.149. The van der Waals surface area contributed by atoms with E-state index in [0.717, 1.165) is 22.2 Å². The van der Waals surface area contributed by atoms with Crippen molar-refractivity contribution in [3.8, 4) is 11.5 Å². The molecule has 4 amide bonds. The average molecular weight is 1080 g/mol. The van der Waals surface area contributed by atoms with E-state index in [1.54, 1.807) is 72.8 Å². The molecule has 0 aliphatic carbocycles. The van der Waals surface area contributed by atoms with Gasteiger partial charge < -0.3 is 44.9 Å². The Kier molecular flexibility index (Phi) is 21.5. The summed E-state index contributed by atoms with van der Waals surface area (Å²) in [7, 11) is -3.60. The first kappa shape index (κ1) is 56.5. The van der Waals surface area contributed by atoms with Crippen LogP contribution in [0.25, 0.3) is 0 Å². The number of alkyl halides is 2. The number of rotatable bonds is 27. The molecule has 0 radical (unpaired) electrons. The van der Waals surface area contributed by atoms with Crippen LogP contribution in [0, 0.1) is 6.92 Å². The van der Waals surface area contributed by atoms with Gasteiger partial charge in [-0.3, -0.25) is 23.7 Å². The van der Waals surface area contributed by atoms with Crippen molar-refractivity contribution in [2.45, 2.75) is 89.7 Å². The molecule has 0 aliphatic heterocycles. The van der Waals surface area contributed by atoms with Gasteiger partial charge in [-0.25, -0.2) is 4.79 Å². The van der Waals surface area contributed by atoms with E-state index in [1.807, 2.05) is 13.0 Å². The number of ether oxygens (including phenoxy) is 2. The van der Waals surface area contributed by atoms with Crippen LogP contribution in [0.4, 0.5) is 8.78 Å². The van der Waals surface area contributed by atoms with Gasteiger partial charge in [-0.1, -0.05) is 113 Å².